The lowest BCUT2D eigenvalue weighted by atomic mass is 10.1. The Hall–Kier alpha value is -0.570. The van der Waals surface area contributed by atoms with E-state index in [0.29, 0.717) is 11.9 Å². The lowest BCUT2D eigenvalue weighted by Crippen LogP contribution is -2.42. The first kappa shape index (κ1) is 22.4. The molecule has 1 atom stereocenters. The molecule has 0 aromatic heterocycles. The molecule has 0 aromatic rings. The zero-order chi connectivity index (χ0) is 16.4. The van der Waals surface area contributed by atoms with Crippen molar-refractivity contribution in [3.63, 3.8) is 0 Å². The zero-order valence-corrected chi connectivity index (χ0v) is 17.3. The fraction of sp³-hybridized carbons (Fsp3) is 0.875. The van der Waals surface area contributed by atoms with Crippen LogP contribution in [0.3, 0.4) is 0 Å². The molecule has 1 aliphatic heterocycles. The number of guanidine groups is 1. The van der Waals surface area contributed by atoms with Crippen molar-refractivity contribution >= 4 is 35.8 Å². The molecule has 1 rings (SSSR count). The van der Waals surface area contributed by atoms with E-state index in [2.05, 4.69) is 29.5 Å². The molecular weight excluding hydrogens is 407 g/mol. The molecule has 7 heteroatoms. The Labute approximate surface area is 157 Å². The Bertz CT molecular complexity index is 356. The topological polar surface area (TPSA) is 66.0 Å². The van der Waals surface area contributed by atoms with Gasteiger partial charge in [-0.15, -0.1) is 24.0 Å². The Balaban J connectivity index is 0.00000484. The Morgan fingerprint density at radius 3 is 2.65 bits per heavy atom. The molecule has 1 aliphatic rings. The Morgan fingerprint density at radius 2 is 2.09 bits per heavy atom. The van der Waals surface area contributed by atoms with Crippen molar-refractivity contribution in [3.05, 3.63) is 0 Å². The van der Waals surface area contributed by atoms with Crippen LogP contribution in [0.1, 0.15) is 39.5 Å². The molecule has 23 heavy (non-hydrogen) atoms. The minimum Gasteiger partial charge on any atom is -0.376 e. The lowest BCUT2D eigenvalue weighted by molar-refractivity contribution is -0.127. The highest BCUT2D eigenvalue weighted by Crippen LogP contribution is 2.10. The van der Waals surface area contributed by atoms with Crippen LogP contribution in [0.4, 0.5) is 0 Å². The van der Waals surface area contributed by atoms with Crippen molar-refractivity contribution in [2.75, 3.05) is 40.3 Å². The second-order valence-electron chi connectivity index (χ2n) is 6.43. The molecule has 1 fully saturated rings. The zero-order valence-electron chi connectivity index (χ0n) is 14.9. The number of halogens is 1. The summed E-state index contributed by atoms with van der Waals surface area (Å²) in [4.78, 5) is 17.6. The van der Waals surface area contributed by atoms with E-state index >= 15 is 0 Å². The van der Waals surface area contributed by atoms with Crippen LogP contribution >= 0.6 is 24.0 Å². The summed E-state index contributed by atoms with van der Waals surface area (Å²) in [7, 11) is 3.49. The number of nitrogens with zero attached hydrogens (tertiary/aromatic N) is 2. The summed E-state index contributed by atoms with van der Waals surface area (Å²) < 4.78 is 5.60. The number of amides is 1. The summed E-state index contributed by atoms with van der Waals surface area (Å²) >= 11 is 0. The molecule has 0 spiro atoms. The van der Waals surface area contributed by atoms with Gasteiger partial charge in [-0.3, -0.25) is 4.79 Å². The highest BCUT2D eigenvalue weighted by molar-refractivity contribution is 14.0. The van der Waals surface area contributed by atoms with E-state index in [1.165, 1.54) is 6.42 Å². The van der Waals surface area contributed by atoms with E-state index in [1.807, 2.05) is 0 Å². The van der Waals surface area contributed by atoms with Gasteiger partial charge in [-0.05, 0) is 31.6 Å². The maximum absolute atomic E-state index is 11.7. The summed E-state index contributed by atoms with van der Waals surface area (Å²) in [6.45, 7) is 7.07. The molecular formula is C16H33IN4O2. The molecule has 1 heterocycles. The predicted molar refractivity (Wildman–Crippen MR) is 105 cm³/mol. The maximum Gasteiger partial charge on any atom is 0.243 e. The third kappa shape index (κ3) is 10.8. The molecule has 1 saturated heterocycles. The van der Waals surface area contributed by atoms with Crippen LogP contribution in [0, 0.1) is 5.92 Å². The van der Waals surface area contributed by atoms with Gasteiger partial charge in [0, 0.05) is 33.8 Å². The smallest absolute Gasteiger partial charge is 0.243 e. The number of carbonyl (C=O) groups is 1. The van der Waals surface area contributed by atoms with Crippen LogP contribution in [0.5, 0.6) is 0 Å². The fourth-order valence-corrected chi connectivity index (χ4v) is 2.20. The molecule has 0 saturated carbocycles. The van der Waals surface area contributed by atoms with Crippen LogP contribution in [-0.2, 0) is 9.53 Å². The molecule has 1 unspecified atom stereocenters. The van der Waals surface area contributed by atoms with Crippen molar-refractivity contribution in [2.45, 2.75) is 45.6 Å². The number of rotatable bonds is 8. The molecule has 1 amide bonds. The van der Waals surface area contributed by atoms with E-state index in [4.69, 9.17) is 4.74 Å². The summed E-state index contributed by atoms with van der Waals surface area (Å²) in [5.41, 5.74) is 0. The summed E-state index contributed by atoms with van der Waals surface area (Å²) in [6.07, 6.45) is 4.75. The van der Waals surface area contributed by atoms with Crippen LogP contribution in [0.15, 0.2) is 4.99 Å². The van der Waals surface area contributed by atoms with Crippen LogP contribution in [0.2, 0.25) is 0 Å². The standard InChI is InChI=1S/C16H32N4O2.HI/c1-13(2)7-5-9-17-16(19-12-15(21)20(3)4)18-11-14-8-6-10-22-14;/h13-14H,5-12H2,1-4H3,(H2,17,18,19);1H. The van der Waals surface area contributed by atoms with E-state index in [9.17, 15) is 4.79 Å². The lowest BCUT2D eigenvalue weighted by Gasteiger charge is -2.16. The van der Waals surface area contributed by atoms with Gasteiger partial charge in [0.05, 0.1) is 6.10 Å². The number of nitrogens with one attached hydrogen (secondary N) is 2. The van der Waals surface area contributed by atoms with E-state index in [1.54, 1.807) is 19.0 Å². The molecule has 2 N–H and O–H groups in total. The van der Waals surface area contributed by atoms with Crippen molar-refractivity contribution in [2.24, 2.45) is 10.9 Å². The first-order valence-corrected chi connectivity index (χ1v) is 8.33. The van der Waals surface area contributed by atoms with Gasteiger partial charge in [-0.25, -0.2) is 4.99 Å². The number of hydrogen-bond donors (Lipinski definition) is 2. The number of likely N-dealkylation sites (N-methyl/N-ethyl adjacent to an activating group) is 1. The highest BCUT2D eigenvalue weighted by Gasteiger charge is 2.15. The quantitative estimate of drug-likeness (QED) is 0.262. The summed E-state index contributed by atoms with van der Waals surface area (Å²) in [6, 6.07) is 0. The minimum atomic E-state index is 0. The third-order valence-corrected chi connectivity index (χ3v) is 3.64. The average molecular weight is 440 g/mol. The van der Waals surface area contributed by atoms with Gasteiger partial charge in [0.2, 0.25) is 5.91 Å². The van der Waals surface area contributed by atoms with Gasteiger partial charge in [0.15, 0.2) is 5.96 Å². The third-order valence-electron chi connectivity index (χ3n) is 3.64. The second-order valence-corrected chi connectivity index (χ2v) is 6.43. The molecule has 0 bridgehead atoms. The Morgan fingerprint density at radius 1 is 1.35 bits per heavy atom. The van der Waals surface area contributed by atoms with Crippen LogP contribution < -0.4 is 10.6 Å². The molecule has 0 radical (unpaired) electrons. The normalized spacial score (nSPS) is 17.8. The van der Waals surface area contributed by atoms with E-state index in [-0.39, 0.29) is 42.5 Å². The van der Waals surface area contributed by atoms with Crippen molar-refractivity contribution in [1.82, 2.24) is 15.5 Å². The molecule has 0 aliphatic carbocycles. The second kappa shape index (κ2) is 12.8. The summed E-state index contributed by atoms with van der Waals surface area (Å²) in [5.74, 6) is 1.41. The van der Waals surface area contributed by atoms with Gasteiger partial charge in [-0.1, -0.05) is 13.8 Å². The molecule has 136 valence electrons. The maximum atomic E-state index is 11.7. The molecule has 6 nitrogen and oxygen atoms in total. The number of hydrogen-bond acceptors (Lipinski definition) is 3. The number of carbonyl (C=O) groups excluding carboxylic acids is 1. The minimum absolute atomic E-state index is 0. The van der Waals surface area contributed by atoms with Gasteiger partial charge in [-0.2, -0.15) is 0 Å². The number of ether oxygens (including phenoxy) is 1. The largest absolute Gasteiger partial charge is 0.376 e. The van der Waals surface area contributed by atoms with Crippen molar-refractivity contribution in [1.29, 1.82) is 0 Å². The first-order chi connectivity index (χ1) is 10.5. The SMILES string of the molecule is CC(C)CCCNC(=NCC(=O)N(C)C)NCC1CCCO1.I. The Kier molecular flexibility index (Phi) is 12.5. The average Bonchev–Trinajstić information content (AvgIpc) is 2.97. The van der Waals surface area contributed by atoms with Crippen molar-refractivity contribution in [3.8, 4) is 0 Å². The van der Waals surface area contributed by atoms with Crippen LogP contribution in [-0.4, -0.2) is 63.2 Å². The monoisotopic (exact) mass is 440 g/mol. The van der Waals surface area contributed by atoms with E-state index in [0.717, 1.165) is 39.0 Å². The van der Waals surface area contributed by atoms with Gasteiger partial charge in [0.25, 0.3) is 0 Å². The fourth-order valence-electron chi connectivity index (χ4n) is 2.20. The van der Waals surface area contributed by atoms with Gasteiger partial charge >= 0.3 is 0 Å². The van der Waals surface area contributed by atoms with Crippen molar-refractivity contribution < 1.29 is 9.53 Å². The van der Waals surface area contributed by atoms with Crippen LogP contribution in [0.25, 0.3) is 0 Å². The predicted octanol–water partition coefficient (Wildman–Crippen LogP) is 1.84. The first-order valence-electron chi connectivity index (χ1n) is 8.33. The van der Waals surface area contributed by atoms with E-state index < -0.39 is 0 Å². The molecule has 0 aromatic carbocycles. The number of aliphatic imine (C=N–C) groups is 1. The summed E-state index contributed by atoms with van der Waals surface area (Å²) in [5, 5.41) is 6.59. The van der Waals surface area contributed by atoms with Gasteiger partial charge < -0.3 is 20.3 Å². The highest BCUT2D eigenvalue weighted by atomic mass is 127. The van der Waals surface area contributed by atoms with Gasteiger partial charge in [0.1, 0.15) is 6.54 Å².